The van der Waals surface area contributed by atoms with E-state index in [2.05, 4.69) is 16.0 Å². The smallest absolute Gasteiger partial charge is 0.320 e. The van der Waals surface area contributed by atoms with Crippen molar-refractivity contribution in [3.63, 3.8) is 0 Å². The Labute approximate surface area is 192 Å². The molecule has 0 spiro atoms. The van der Waals surface area contributed by atoms with Crippen molar-refractivity contribution in [1.82, 2.24) is 20.9 Å². The number of aliphatic hydroxyl groups is 1. The number of unbranched alkanes of at least 4 members (excludes halogenated alkanes) is 1. The quantitative estimate of drug-likeness (QED) is 0.125. The number of likely N-dealkylation sites (tertiary alicyclic amines) is 1. The second-order valence-corrected chi connectivity index (χ2v) is 8.08. The van der Waals surface area contributed by atoms with Gasteiger partial charge in [0.25, 0.3) is 0 Å². The van der Waals surface area contributed by atoms with E-state index in [0.717, 1.165) is 6.92 Å². The summed E-state index contributed by atoms with van der Waals surface area (Å²) in [5, 5.41) is 35.1. The van der Waals surface area contributed by atoms with Gasteiger partial charge in [-0.3, -0.25) is 28.9 Å². The number of amides is 3. The van der Waals surface area contributed by atoms with Gasteiger partial charge in [-0.2, -0.15) is 0 Å². The van der Waals surface area contributed by atoms with Crippen LogP contribution in [0.2, 0.25) is 0 Å². The molecule has 33 heavy (non-hydrogen) atoms. The number of nitrogens with zero attached hydrogens (tertiary/aromatic N) is 1. The zero-order chi connectivity index (χ0) is 25.0. The molecule has 0 aliphatic carbocycles. The fourth-order valence-corrected chi connectivity index (χ4v) is 3.75. The van der Waals surface area contributed by atoms with Crippen molar-refractivity contribution in [3.05, 3.63) is 0 Å². The molecular weight excluding hydrogens is 438 g/mol. The summed E-state index contributed by atoms with van der Waals surface area (Å²) in [7, 11) is 0. The van der Waals surface area contributed by atoms with E-state index in [9.17, 15) is 39.3 Å². The van der Waals surface area contributed by atoms with Gasteiger partial charge in [0, 0.05) is 19.5 Å². The van der Waals surface area contributed by atoms with Gasteiger partial charge in [-0.15, -0.1) is 0 Å². The number of carbonyl (C=O) groups excluding carboxylic acids is 3. The van der Waals surface area contributed by atoms with Crippen LogP contribution < -0.4 is 21.7 Å². The van der Waals surface area contributed by atoms with Gasteiger partial charge in [-0.05, 0) is 38.8 Å². The van der Waals surface area contributed by atoms with Crippen molar-refractivity contribution >= 4 is 29.7 Å². The Balaban J connectivity index is 2.91. The molecule has 1 rings (SSSR count). The fourth-order valence-electron chi connectivity index (χ4n) is 3.75. The van der Waals surface area contributed by atoms with E-state index in [1.54, 1.807) is 4.90 Å². The number of hydrogen-bond acceptors (Lipinski definition) is 8. The Hall–Kier alpha value is -2.77. The van der Waals surface area contributed by atoms with Gasteiger partial charge in [-0.1, -0.05) is 6.42 Å². The van der Waals surface area contributed by atoms with Crippen molar-refractivity contribution in [2.24, 2.45) is 5.73 Å². The molecule has 0 saturated carbocycles. The summed E-state index contributed by atoms with van der Waals surface area (Å²) in [5.74, 6) is -4.51. The number of carboxylic acids is 2. The van der Waals surface area contributed by atoms with Crippen molar-refractivity contribution in [2.75, 3.05) is 26.2 Å². The highest BCUT2D eigenvalue weighted by molar-refractivity contribution is 5.93. The molecule has 4 atom stereocenters. The summed E-state index contributed by atoms with van der Waals surface area (Å²) >= 11 is 0. The summed E-state index contributed by atoms with van der Waals surface area (Å²) in [6.07, 6.45) is 2.35. The van der Waals surface area contributed by atoms with Crippen LogP contribution in [0.3, 0.4) is 0 Å². The lowest BCUT2D eigenvalue weighted by Gasteiger charge is -2.29. The van der Waals surface area contributed by atoms with E-state index in [-0.39, 0.29) is 6.54 Å². The van der Waals surface area contributed by atoms with Crippen LogP contribution in [-0.4, -0.2) is 100 Å². The first kappa shape index (κ1) is 28.3. The highest BCUT2D eigenvalue weighted by Crippen LogP contribution is 2.18. The maximum Gasteiger partial charge on any atom is 0.320 e. The van der Waals surface area contributed by atoms with Crippen LogP contribution >= 0.6 is 0 Å². The average Bonchev–Trinajstić information content (AvgIpc) is 3.19. The number of hydrogen-bond donors (Lipinski definition) is 7. The molecule has 3 amide bonds. The first-order valence-corrected chi connectivity index (χ1v) is 11.0. The Morgan fingerprint density at radius 1 is 1.03 bits per heavy atom. The SMILES string of the molecule is CC(=O)N[C@@H](CO)C(=O)N[C@@H](CC(=O)O)C(=O)N[C@@H](CCCCN)CN1CCC[C@H]1C(=O)O. The Bertz CT molecular complexity index is 704. The third-order valence-electron chi connectivity index (χ3n) is 5.34. The minimum absolute atomic E-state index is 0.256. The van der Waals surface area contributed by atoms with Crippen LogP contribution in [0.25, 0.3) is 0 Å². The Morgan fingerprint density at radius 3 is 2.24 bits per heavy atom. The van der Waals surface area contributed by atoms with Crippen LogP contribution in [0.1, 0.15) is 45.4 Å². The number of rotatable bonds is 15. The fraction of sp³-hybridized carbons (Fsp3) is 0.750. The minimum atomic E-state index is -1.45. The molecule has 8 N–H and O–H groups in total. The predicted octanol–water partition coefficient (Wildman–Crippen LogP) is -2.39. The lowest BCUT2D eigenvalue weighted by molar-refractivity contribution is -0.143. The van der Waals surface area contributed by atoms with Crippen LogP contribution in [-0.2, 0) is 24.0 Å². The average molecular weight is 474 g/mol. The van der Waals surface area contributed by atoms with Gasteiger partial charge in [0.1, 0.15) is 18.1 Å². The first-order chi connectivity index (χ1) is 15.6. The van der Waals surface area contributed by atoms with Crippen LogP contribution in [0, 0.1) is 0 Å². The van der Waals surface area contributed by atoms with Gasteiger partial charge >= 0.3 is 11.9 Å². The van der Waals surface area contributed by atoms with Crippen molar-refractivity contribution in [1.29, 1.82) is 0 Å². The first-order valence-electron chi connectivity index (χ1n) is 11.0. The van der Waals surface area contributed by atoms with Gasteiger partial charge < -0.3 is 37.0 Å². The maximum atomic E-state index is 12.9. The number of aliphatic hydroxyl groups excluding tert-OH is 1. The minimum Gasteiger partial charge on any atom is -0.481 e. The number of nitrogens with two attached hydrogens (primary N) is 1. The zero-order valence-electron chi connectivity index (χ0n) is 18.8. The molecule has 0 bridgehead atoms. The number of carboxylic acid groups (broad SMARTS) is 2. The predicted molar refractivity (Wildman–Crippen MR) is 116 cm³/mol. The van der Waals surface area contributed by atoms with Gasteiger partial charge in [0.2, 0.25) is 17.7 Å². The van der Waals surface area contributed by atoms with E-state index < -0.39 is 66.9 Å². The molecular formula is C20H35N5O8. The van der Waals surface area contributed by atoms with E-state index >= 15 is 0 Å². The van der Waals surface area contributed by atoms with Crippen LogP contribution in [0.5, 0.6) is 0 Å². The molecule has 1 saturated heterocycles. The molecule has 1 fully saturated rings. The molecule has 0 aromatic rings. The molecule has 188 valence electrons. The van der Waals surface area contributed by atoms with E-state index in [0.29, 0.717) is 45.2 Å². The van der Waals surface area contributed by atoms with E-state index in [1.165, 1.54) is 0 Å². The summed E-state index contributed by atoms with van der Waals surface area (Å²) in [6, 6.07) is -3.94. The second-order valence-electron chi connectivity index (χ2n) is 8.08. The van der Waals surface area contributed by atoms with Crippen molar-refractivity contribution in [3.8, 4) is 0 Å². The molecule has 1 heterocycles. The largest absolute Gasteiger partial charge is 0.481 e. The summed E-state index contributed by atoms with van der Waals surface area (Å²) in [4.78, 5) is 60.9. The number of aliphatic carboxylic acids is 2. The third kappa shape index (κ3) is 10.1. The monoisotopic (exact) mass is 473 g/mol. The molecule has 1 aliphatic rings. The molecule has 0 aromatic heterocycles. The highest BCUT2D eigenvalue weighted by atomic mass is 16.4. The van der Waals surface area contributed by atoms with E-state index in [1.807, 2.05) is 0 Å². The standard InChI is InChI=1S/C20H35N5O8/c1-12(27)22-15(11-26)19(31)24-14(9-17(28)29)18(30)23-13(5-2-3-7-21)10-25-8-4-6-16(25)20(32)33/h13-16,26H,2-11,21H2,1H3,(H,22,27)(H,23,30)(H,24,31)(H,28,29)(H,32,33)/t13-,14-,15-,16-/m0/s1. The number of carbonyl (C=O) groups is 5. The molecule has 13 nitrogen and oxygen atoms in total. The van der Waals surface area contributed by atoms with Gasteiger partial charge in [-0.25, -0.2) is 0 Å². The van der Waals surface area contributed by atoms with Crippen molar-refractivity contribution in [2.45, 2.75) is 69.6 Å². The van der Waals surface area contributed by atoms with Gasteiger partial charge in [0.05, 0.1) is 13.0 Å². The Morgan fingerprint density at radius 2 is 1.70 bits per heavy atom. The number of nitrogens with one attached hydrogen (secondary N) is 3. The molecule has 0 radical (unpaired) electrons. The van der Waals surface area contributed by atoms with Crippen LogP contribution in [0.4, 0.5) is 0 Å². The third-order valence-corrected chi connectivity index (χ3v) is 5.34. The topological polar surface area (TPSA) is 211 Å². The molecule has 1 aliphatic heterocycles. The zero-order valence-corrected chi connectivity index (χ0v) is 18.8. The highest BCUT2D eigenvalue weighted by Gasteiger charge is 2.33. The second kappa shape index (κ2) is 14.4. The van der Waals surface area contributed by atoms with Crippen molar-refractivity contribution < 1.29 is 39.3 Å². The molecule has 0 aromatic carbocycles. The molecule has 0 unspecified atom stereocenters. The summed E-state index contributed by atoms with van der Waals surface area (Å²) in [5.41, 5.74) is 5.54. The van der Waals surface area contributed by atoms with Gasteiger partial charge in [0.15, 0.2) is 0 Å². The Kier molecular flexibility index (Phi) is 12.3. The molecule has 13 heteroatoms. The van der Waals surface area contributed by atoms with E-state index in [4.69, 9.17) is 5.73 Å². The lowest BCUT2D eigenvalue weighted by Crippen LogP contribution is -2.57. The van der Waals surface area contributed by atoms with Crippen LogP contribution in [0.15, 0.2) is 0 Å². The maximum absolute atomic E-state index is 12.9. The lowest BCUT2D eigenvalue weighted by atomic mass is 10.1. The summed E-state index contributed by atoms with van der Waals surface area (Å²) in [6.45, 7) is 1.67. The summed E-state index contributed by atoms with van der Waals surface area (Å²) < 4.78 is 0. The normalized spacial score (nSPS) is 18.7.